The van der Waals surface area contributed by atoms with Crippen molar-refractivity contribution < 1.29 is 28.2 Å². The zero-order valence-electron chi connectivity index (χ0n) is 18.2. The van der Waals surface area contributed by atoms with Gasteiger partial charge in [0.15, 0.2) is 11.5 Å². The third-order valence-electron chi connectivity index (χ3n) is 6.09. The summed E-state index contributed by atoms with van der Waals surface area (Å²) in [5.74, 6) is -0.491. The molecule has 2 aromatic carbocycles. The Kier molecular flexibility index (Phi) is 4.92. The van der Waals surface area contributed by atoms with Crippen LogP contribution >= 0.6 is 0 Å². The van der Waals surface area contributed by atoms with Crippen molar-refractivity contribution in [2.45, 2.75) is 31.5 Å². The van der Waals surface area contributed by atoms with Crippen LogP contribution in [0.15, 0.2) is 72.6 Å². The number of hydrogen-bond acceptors (Lipinski definition) is 5. The quantitative estimate of drug-likeness (QED) is 0.445. The van der Waals surface area contributed by atoms with Crippen LogP contribution in [0.2, 0.25) is 0 Å². The third-order valence-corrected chi connectivity index (χ3v) is 6.09. The average Bonchev–Trinajstić information content (AvgIpc) is 3.55. The number of carboxylic acid groups (broad SMARTS) is 1. The van der Waals surface area contributed by atoms with Crippen molar-refractivity contribution in [1.82, 2.24) is 4.98 Å². The van der Waals surface area contributed by atoms with Gasteiger partial charge in [-0.05, 0) is 61.2 Å². The van der Waals surface area contributed by atoms with Gasteiger partial charge in [0.05, 0.1) is 17.0 Å². The maximum Gasteiger partial charge on any atom is 0.586 e. The fourth-order valence-electron chi connectivity index (χ4n) is 4.21. The second kappa shape index (κ2) is 7.71. The number of rotatable bonds is 6. The summed E-state index contributed by atoms with van der Waals surface area (Å²) in [4.78, 5) is 16.1. The first-order chi connectivity index (χ1) is 16.2. The van der Waals surface area contributed by atoms with E-state index in [2.05, 4.69) is 27.1 Å². The Bertz CT molecular complexity index is 1370. The summed E-state index contributed by atoms with van der Waals surface area (Å²) in [6.45, 7) is 5.72. The Morgan fingerprint density at radius 3 is 2.59 bits per heavy atom. The first-order valence-electron chi connectivity index (χ1n) is 10.6. The number of aryl methyl sites for hydroxylation is 1. The molecule has 1 aliphatic heterocycles. The maximum atomic E-state index is 13.4. The zero-order valence-corrected chi connectivity index (χ0v) is 18.2. The lowest BCUT2D eigenvalue weighted by Gasteiger charge is -2.20. The van der Waals surface area contributed by atoms with Gasteiger partial charge in [0.2, 0.25) is 0 Å². The number of nitrogens with zero attached hydrogens (tertiary/aromatic N) is 1. The molecule has 0 radical (unpaired) electrons. The predicted octanol–water partition coefficient (Wildman–Crippen LogP) is 5.89. The number of nitrogens with one attached hydrogen (secondary N) is 1. The molecule has 172 valence electrons. The Morgan fingerprint density at radius 2 is 1.88 bits per heavy atom. The number of fused-ring (bicyclic) bond motifs is 1. The predicted molar refractivity (Wildman–Crippen MR) is 121 cm³/mol. The third kappa shape index (κ3) is 3.78. The topological polar surface area (TPSA) is 80.7 Å². The molecular formula is C26H20F2N2O4. The van der Waals surface area contributed by atoms with Crippen LogP contribution in [0.5, 0.6) is 11.5 Å². The highest BCUT2D eigenvalue weighted by molar-refractivity contribution is 5.89. The first kappa shape index (κ1) is 21.7. The van der Waals surface area contributed by atoms with Crippen molar-refractivity contribution in [3.63, 3.8) is 0 Å². The maximum absolute atomic E-state index is 13.4. The van der Waals surface area contributed by atoms with E-state index in [1.165, 1.54) is 12.1 Å². The van der Waals surface area contributed by atoms with Gasteiger partial charge in [-0.3, -0.25) is 0 Å². The lowest BCUT2D eigenvalue weighted by atomic mass is 9.92. The zero-order chi connectivity index (χ0) is 24.1. The first-order valence-corrected chi connectivity index (χ1v) is 10.6. The second-order valence-electron chi connectivity index (χ2n) is 8.34. The van der Waals surface area contributed by atoms with E-state index in [1.54, 1.807) is 30.3 Å². The molecule has 1 aliphatic carbocycles. The standard InChI is InChI=1S/C26H20F2N2O4/c1-3-21(25(11-12-25)18-8-9-19-20(14-18)34-26(27,28)33-19)29-22-10-7-15(2)23(30-22)16-5-4-6-17(13-16)24(31)32/h4-10,13-14H,1,11-12H2,2H3,(H,29,30)(H,31,32). The van der Waals surface area contributed by atoms with Gasteiger partial charge in [0.1, 0.15) is 5.82 Å². The van der Waals surface area contributed by atoms with Crippen LogP contribution in [0.3, 0.4) is 0 Å². The van der Waals surface area contributed by atoms with Crippen molar-refractivity contribution in [2.75, 3.05) is 5.32 Å². The molecule has 0 atom stereocenters. The number of pyridine rings is 1. The number of aromatic nitrogens is 1. The van der Waals surface area contributed by atoms with E-state index in [4.69, 9.17) is 4.98 Å². The molecule has 2 heterocycles. The van der Waals surface area contributed by atoms with Crippen LogP contribution in [0.25, 0.3) is 11.3 Å². The van der Waals surface area contributed by atoms with Gasteiger partial charge in [0.25, 0.3) is 0 Å². The molecule has 0 amide bonds. The molecule has 2 aliphatic rings. The molecule has 6 nitrogen and oxygen atoms in total. The van der Waals surface area contributed by atoms with E-state index in [-0.39, 0.29) is 17.1 Å². The molecule has 3 aromatic rings. The van der Waals surface area contributed by atoms with E-state index >= 15 is 0 Å². The van der Waals surface area contributed by atoms with Crippen LogP contribution in [0.1, 0.15) is 34.3 Å². The molecule has 5 rings (SSSR count). The van der Waals surface area contributed by atoms with Gasteiger partial charge in [-0.25, -0.2) is 9.78 Å². The minimum absolute atomic E-state index is 0.00456. The van der Waals surface area contributed by atoms with Crippen molar-refractivity contribution in [3.05, 3.63) is 89.3 Å². The molecule has 34 heavy (non-hydrogen) atoms. The highest BCUT2D eigenvalue weighted by Crippen LogP contribution is 2.55. The van der Waals surface area contributed by atoms with E-state index in [0.717, 1.165) is 24.0 Å². The molecule has 0 unspecified atom stereocenters. The van der Waals surface area contributed by atoms with Crippen molar-refractivity contribution in [3.8, 4) is 22.8 Å². The second-order valence-corrected chi connectivity index (χ2v) is 8.34. The van der Waals surface area contributed by atoms with Gasteiger partial charge in [-0.1, -0.05) is 30.8 Å². The molecule has 1 fully saturated rings. The SMILES string of the molecule is C=C=C(Nc1ccc(C)c(-c2cccc(C(=O)O)c2)n1)C1(c2ccc3c(c2)OC(F)(F)O3)CC1. The van der Waals surface area contributed by atoms with Crippen LogP contribution in [-0.4, -0.2) is 22.4 Å². The number of anilines is 1. The van der Waals surface area contributed by atoms with Crippen molar-refractivity contribution >= 4 is 11.8 Å². The minimum Gasteiger partial charge on any atom is -0.478 e. The molecule has 0 saturated heterocycles. The molecular weight excluding hydrogens is 442 g/mol. The highest BCUT2D eigenvalue weighted by atomic mass is 19.3. The number of aromatic carboxylic acids is 1. The van der Waals surface area contributed by atoms with E-state index in [9.17, 15) is 18.7 Å². The Balaban J connectivity index is 1.45. The highest BCUT2D eigenvalue weighted by Gasteiger charge is 2.50. The summed E-state index contributed by atoms with van der Waals surface area (Å²) in [7, 11) is 0. The van der Waals surface area contributed by atoms with Gasteiger partial charge in [-0.2, -0.15) is 0 Å². The van der Waals surface area contributed by atoms with Crippen LogP contribution in [0.4, 0.5) is 14.6 Å². The number of hydrogen-bond donors (Lipinski definition) is 2. The Labute approximate surface area is 194 Å². The van der Waals surface area contributed by atoms with E-state index in [1.807, 2.05) is 19.1 Å². The fourth-order valence-corrected chi connectivity index (χ4v) is 4.21. The molecule has 2 N–H and O–H groups in total. The molecule has 1 aromatic heterocycles. The number of ether oxygens (including phenoxy) is 2. The van der Waals surface area contributed by atoms with Crippen molar-refractivity contribution in [1.29, 1.82) is 0 Å². The summed E-state index contributed by atoms with van der Waals surface area (Å²) in [5, 5.41) is 12.6. The summed E-state index contributed by atoms with van der Waals surface area (Å²) < 4.78 is 36.0. The lowest BCUT2D eigenvalue weighted by Crippen LogP contribution is -2.26. The Morgan fingerprint density at radius 1 is 1.12 bits per heavy atom. The van der Waals surface area contributed by atoms with Gasteiger partial charge < -0.3 is 19.9 Å². The van der Waals surface area contributed by atoms with Crippen molar-refractivity contribution in [2.24, 2.45) is 0 Å². The molecule has 1 saturated carbocycles. The summed E-state index contributed by atoms with van der Waals surface area (Å²) in [6.07, 6.45) is -2.13. The van der Waals surface area contributed by atoms with Gasteiger partial charge in [-0.15, -0.1) is 14.5 Å². The normalized spacial score (nSPS) is 16.4. The number of carboxylic acids is 1. The molecule has 8 heteroatoms. The number of benzene rings is 2. The summed E-state index contributed by atoms with van der Waals surface area (Å²) in [5.41, 5.74) is 6.31. The Hall–Kier alpha value is -4.16. The number of alkyl halides is 2. The fraction of sp³-hybridized carbons (Fsp3) is 0.192. The van der Waals surface area contributed by atoms with Gasteiger partial charge >= 0.3 is 12.3 Å². The van der Waals surface area contributed by atoms with Crippen LogP contribution < -0.4 is 14.8 Å². The number of allylic oxidation sites excluding steroid dienone is 1. The van der Waals surface area contributed by atoms with Crippen LogP contribution in [-0.2, 0) is 5.41 Å². The smallest absolute Gasteiger partial charge is 0.478 e. The summed E-state index contributed by atoms with van der Waals surface area (Å²) in [6, 6.07) is 15.1. The molecule has 0 bridgehead atoms. The number of carbonyl (C=O) groups is 1. The van der Waals surface area contributed by atoms with Crippen LogP contribution in [0, 0.1) is 6.92 Å². The van der Waals surface area contributed by atoms with E-state index < -0.39 is 17.7 Å². The van der Waals surface area contributed by atoms with E-state index in [0.29, 0.717) is 22.8 Å². The lowest BCUT2D eigenvalue weighted by molar-refractivity contribution is -0.286. The average molecular weight is 462 g/mol. The van der Waals surface area contributed by atoms with Gasteiger partial charge in [0, 0.05) is 11.0 Å². The molecule has 0 spiro atoms. The minimum atomic E-state index is -3.67. The monoisotopic (exact) mass is 462 g/mol. The summed E-state index contributed by atoms with van der Waals surface area (Å²) >= 11 is 0. The largest absolute Gasteiger partial charge is 0.586 e. The number of halogens is 2.